The van der Waals surface area contributed by atoms with Crippen LogP contribution in [0.15, 0.2) is 62.8 Å². The Morgan fingerprint density at radius 3 is 2.47 bits per heavy atom. The molecule has 1 N–H and O–H groups in total. The number of carbonyl (C=O) groups is 1. The van der Waals surface area contributed by atoms with Gasteiger partial charge in [0.05, 0.1) is 5.56 Å². The van der Waals surface area contributed by atoms with Crippen molar-refractivity contribution >= 4 is 33.7 Å². The quantitative estimate of drug-likeness (QED) is 0.918. The fourth-order valence-corrected chi connectivity index (χ4v) is 2.67. The van der Waals surface area contributed by atoms with E-state index < -0.39 is 5.97 Å². The molecule has 0 saturated heterocycles. The van der Waals surface area contributed by atoms with Crippen LogP contribution in [0, 0.1) is 0 Å². The van der Waals surface area contributed by atoms with Crippen LogP contribution in [0.25, 0.3) is 0 Å². The fraction of sp³-hybridized carbons (Fsp3) is 0. The van der Waals surface area contributed by atoms with E-state index in [9.17, 15) is 4.79 Å². The number of aromatic carboxylic acids is 1. The lowest BCUT2D eigenvalue weighted by atomic mass is 10.2. The first-order valence-electron chi connectivity index (χ1n) is 4.92. The third-order valence-corrected chi connectivity index (χ3v) is 3.72. The molecule has 86 valence electrons. The van der Waals surface area contributed by atoms with Gasteiger partial charge in [-0.05, 0) is 30.3 Å². The fourth-order valence-electron chi connectivity index (χ4n) is 1.37. The van der Waals surface area contributed by atoms with Crippen molar-refractivity contribution in [3.8, 4) is 0 Å². The minimum atomic E-state index is -0.912. The Morgan fingerprint density at radius 2 is 1.82 bits per heavy atom. The Labute approximate surface area is 112 Å². The predicted molar refractivity (Wildman–Crippen MR) is 71.7 cm³/mol. The average molecular weight is 309 g/mol. The van der Waals surface area contributed by atoms with E-state index in [0.29, 0.717) is 5.56 Å². The van der Waals surface area contributed by atoms with Gasteiger partial charge in [-0.15, -0.1) is 0 Å². The van der Waals surface area contributed by atoms with Gasteiger partial charge in [0.25, 0.3) is 0 Å². The van der Waals surface area contributed by atoms with Gasteiger partial charge in [-0.25, -0.2) is 4.79 Å². The van der Waals surface area contributed by atoms with Crippen LogP contribution in [-0.4, -0.2) is 11.1 Å². The highest BCUT2D eigenvalue weighted by molar-refractivity contribution is 9.10. The molecule has 2 aromatic carbocycles. The van der Waals surface area contributed by atoms with E-state index >= 15 is 0 Å². The molecule has 0 heterocycles. The van der Waals surface area contributed by atoms with E-state index in [1.807, 2.05) is 42.5 Å². The van der Waals surface area contributed by atoms with Crippen molar-refractivity contribution in [1.29, 1.82) is 0 Å². The Kier molecular flexibility index (Phi) is 3.86. The summed E-state index contributed by atoms with van der Waals surface area (Å²) in [5.74, 6) is -0.912. The normalized spacial score (nSPS) is 10.2. The lowest BCUT2D eigenvalue weighted by Gasteiger charge is -2.06. The lowest BCUT2D eigenvalue weighted by molar-refractivity contribution is 0.0693. The third-order valence-electron chi connectivity index (χ3n) is 2.14. The number of carboxylic acid groups (broad SMARTS) is 1. The number of hydrogen-bond donors (Lipinski definition) is 1. The van der Waals surface area contributed by atoms with Crippen molar-refractivity contribution in [3.63, 3.8) is 0 Å². The minimum Gasteiger partial charge on any atom is -0.478 e. The maximum atomic E-state index is 11.1. The van der Waals surface area contributed by atoms with Crippen molar-refractivity contribution in [2.75, 3.05) is 0 Å². The van der Waals surface area contributed by atoms with E-state index in [1.165, 1.54) is 11.8 Å². The SMILES string of the molecule is O=C(O)c1cc(Br)ccc1Sc1ccccc1. The molecule has 4 heteroatoms. The van der Waals surface area contributed by atoms with Gasteiger partial charge >= 0.3 is 5.97 Å². The topological polar surface area (TPSA) is 37.3 Å². The van der Waals surface area contributed by atoms with Crippen molar-refractivity contribution in [2.24, 2.45) is 0 Å². The molecule has 0 radical (unpaired) electrons. The molecular formula is C13H9BrO2S. The van der Waals surface area contributed by atoms with Crippen LogP contribution in [0.4, 0.5) is 0 Å². The molecule has 0 atom stereocenters. The van der Waals surface area contributed by atoms with Crippen molar-refractivity contribution < 1.29 is 9.90 Å². The van der Waals surface area contributed by atoms with Gasteiger partial charge < -0.3 is 5.11 Å². The zero-order valence-electron chi connectivity index (χ0n) is 8.76. The zero-order chi connectivity index (χ0) is 12.3. The molecule has 0 bridgehead atoms. The zero-order valence-corrected chi connectivity index (χ0v) is 11.2. The van der Waals surface area contributed by atoms with E-state index in [2.05, 4.69) is 15.9 Å². The van der Waals surface area contributed by atoms with Crippen LogP contribution in [0.2, 0.25) is 0 Å². The highest BCUT2D eigenvalue weighted by atomic mass is 79.9. The Morgan fingerprint density at radius 1 is 1.12 bits per heavy atom. The van der Waals surface area contributed by atoms with E-state index in [0.717, 1.165) is 14.3 Å². The van der Waals surface area contributed by atoms with E-state index in [1.54, 1.807) is 6.07 Å². The van der Waals surface area contributed by atoms with Crippen LogP contribution in [0.3, 0.4) is 0 Å². The summed E-state index contributed by atoms with van der Waals surface area (Å²) in [5.41, 5.74) is 0.313. The maximum absolute atomic E-state index is 11.1. The van der Waals surface area contributed by atoms with Gasteiger partial charge in [0, 0.05) is 14.3 Å². The van der Waals surface area contributed by atoms with E-state index in [-0.39, 0.29) is 0 Å². The summed E-state index contributed by atoms with van der Waals surface area (Å²) >= 11 is 4.73. The Balaban J connectivity index is 2.36. The monoisotopic (exact) mass is 308 g/mol. The second kappa shape index (κ2) is 5.38. The molecule has 0 amide bonds. The van der Waals surface area contributed by atoms with Gasteiger partial charge in [0.1, 0.15) is 0 Å². The first-order valence-corrected chi connectivity index (χ1v) is 6.53. The molecule has 17 heavy (non-hydrogen) atoms. The summed E-state index contributed by atoms with van der Waals surface area (Å²) in [6.07, 6.45) is 0. The van der Waals surface area contributed by atoms with E-state index in [4.69, 9.17) is 5.11 Å². The largest absolute Gasteiger partial charge is 0.478 e. The summed E-state index contributed by atoms with van der Waals surface area (Å²) in [5, 5.41) is 9.13. The molecule has 0 fully saturated rings. The molecule has 0 aliphatic carbocycles. The van der Waals surface area contributed by atoms with Gasteiger partial charge in [0.2, 0.25) is 0 Å². The first-order chi connectivity index (χ1) is 8.16. The smallest absolute Gasteiger partial charge is 0.336 e. The van der Waals surface area contributed by atoms with Crippen molar-refractivity contribution in [2.45, 2.75) is 9.79 Å². The highest BCUT2D eigenvalue weighted by Gasteiger charge is 2.11. The van der Waals surface area contributed by atoms with Crippen LogP contribution in [-0.2, 0) is 0 Å². The van der Waals surface area contributed by atoms with Crippen LogP contribution >= 0.6 is 27.7 Å². The van der Waals surface area contributed by atoms with Crippen LogP contribution in [0.1, 0.15) is 10.4 Å². The number of rotatable bonds is 3. The molecule has 0 spiro atoms. The third kappa shape index (κ3) is 3.11. The second-order valence-corrected chi connectivity index (χ2v) is 5.39. The average Bonchev–Trinajstić information content (AvgIpc) is 2.32. The lowest BCUT2D eigenvalue weighted by Crippen LogP contribution is -1.98. The van der Waals surface area contributed by atoms with Crippen molar-refractivity contribution in [3.05, 3.63) is 58.6 Å². The van der Waals surface area contributed by atoms with Crippen LogP contribution < -0.4 is 0 Å². The first kappa shape index (κ1) is 12.2. The predicted octanol–water partition coefficient (Wildman–Crippen LogP) is 4.30. The summed E-state index contributed by atoms with van der Waals surface area (Å²) in [7, 11) is 0. The highest BCUT2D eigenvalue weighted by Crippen LogP contribution is 2.31. The molecule has 0 aliphatic heterocycles. The summed E-state index contributed by atoms with van der Waals surface area (Å²) < 4.78 is 0.771. The molecule has 0 aromatic heterocycles. The number of benzene rings is 2. The van der Waals surface area contributed by atoms with Gasteiger partial charge in [-0.1, -0.05) is 45.9 Å². The molecule has 0 saturated carbocycles. The Bertz CT molecular complexity index is 540. The number of carboxylic acids is 1. The second-order valence-electron chi connectivity index (χ2n) is 3.36. The van der Waals surface area contributed by atoms with Crippen molar-refractivity contribution in [1.82, 2.24) is 0 Å². The summed E-state index contributed by atoms with van der Waals surface area (Å²) in [6.45, 7) is 0. The standard InChI is InChI=1S/C13H9BrO2S/c14-9-6-7-12(11(8-9)13(15)16)17-10-4-2-1-3-5-10/h1-8H,(H,15,16). The van der Waals surface area contributed by atoms with Crippen LogP contribution in [0.5, 0.6) is 0 Å². The summed E-state index contributed by atoms with van der Waals surface area (Å²) in [6, 6.07) is 15.0. The molecule has 0 aliphatic rings. The maximum Gasteiger partial charge on any atom is 0.336 e. The summed E-state index contributed by atoms with van der Waals surface area (Å²) in [4.78, 5) is 12.9. The van der Waals surface area contributed by atoms with Gasteiger partial charge in [-0.3, -0.25) is 0 Å². The Hall–Kier alpha value is -1.26. The molecule has 2 rings (SSSR count). The molecule has 2 aromatic rings. The minimum absolute atomic E-state index is 0.313. The number of halogens is 1. The number of hydrogen-bond acceptors (Lipinski definition) is 2. The molecule has 0 unspecified atom stereocenters. The van der Waals surface area contributed by atoms with Gasteiger partial charge in [-0.2, -0.15) is 0 Å². The molecular weight excluding hydrogens is 300 g/mol. The van der Waals surface area contributed by atoms with Gasteiger partial charge in [0.15, 0.2) is 0 Å². The molecule has 2 nitrogen and oxygen atoms in total.